The molecule has 10 heavy (non-hydrogen) atoms. The predicted molar refractivity (Wildman–Crippen MR) is 38.4 cm³/mol. The fourth-order valence-corrected chi connectivity index (χ4v) is 1.60. The van der Waals surface area contributed by atoms with Crippen molar-refractivity contribution in [2.75, 3.05) is 13.7 Å². The van der Waals surface area contributed by atoms with Gasteiger partial charge in [0.1, 0.15) is 5.60 Å². The van der Waals surface area contributed by atoms with Gasteiger partial charge in [0.25, 0.3) is 0 Å². The Morgan fingerprint density at radius 2 is 1.90 bits per heavy atom. The fourth-order valence-electron chi connectivity index (χ4n) is 1.60. The summed E-state index contributed by atoms with van der Waals surface area (Å²) in [5.74, 6) is 0. The Kier molecular flexibility index (Phi) is 2.69. The highest BCUT2D eigenvalue weighted by molar-refractivity contribution is 4.81. The van der Waals surface area contributed by atoms with Gasteiger partial charge in [0.15, 0.2) is 0 Å². The molecule has 0 atom stereocenters. The first-order valence-electron chi connectivity index (χ1n) is 3.96. The molecule has 0 spiro atoms. The van der Waals surface area contributed by atoms with Crippen molar-refractivity contribution < 1.29 is 9.84 Å². The van der Waals surface area contributed by atoms with Crippen LogP contribution in [0.1, 0.15) is 32.1 Å². The molecule has 0 bridgehead atoms. The van der Waals surface area contributed by atoms with E-state index in [0.717, 1.165) is 25.7 Å². The van der Waals surface area contributed by atoms with E-state index in [9.17, 15) is 5.11 Å². The molecule has 0 aliphatic heterocycles. The molecule has 1 saturated carbocycles. The molecule has 1 rings (SSSR count). The molecule has 0 saturated heterocycles. The molecule has 0 heterocycles. The molecule has 1 radical (unpaired) electrons. The minimum absolute atomic E-state index is 0.396. The predicted octanol–water partition coefficient (Wildman–Crippen LogP) is 1.77. The van der Waals surface area contributed by atoms with Crippen LogP contribution in [0.25, 0.3) is 0 Å². The number of hydrogen-bond acceptors (Lipinski definition) is 1. The lowest BCUT2D eigenvalue weighted by atomic mass is 9.86. The van der Waals surface area contributed by atoms with Crippen LogP contribution in [-0.4, -0.2) is 19.3 Å². The Labute approximate surface area is 62.2 Å². The van der Waals surface area contributed by atoms with E-state index >= 15 is 0 Å². The quantitative estimate of drug-likeness (QED) is 0.579. The van der Waals surface area contributed by atoms with Gasteiger partial charge < -0.3 is 4.74 Å². The summed E-state index contributed by atoms with van der Waals surface area (Å²) in [6.45, 7) is 0.396. The molecular weight excluding hydrogens is 128 g/mol. The second-order valence-electron chi connectivity index (χ2n) is 3.18. The first-order chi connectivity index (χ1) is 4.77. The molecule has 0 amide bonds. The topological polar surface area (TPSA) is 29.1 Å². The van der Waals surface area contributed by atoms with E-state index in [0.29, 0.717) is 6.61 Å². The highest BCUT2D eigenvalue weighted by Crippen LogP contribution is 2.28. The average Bonchev–Trinajstić information content (AvgIpc) is 1.89. The van der Waals surface area contributed by atoms with Gasteiger partial charge in [0.2, 0.25) is 0 Å². The second-order valence-corrected chi connectivity index (χ2v) is 3.18. The first kappa shape index (κ1) is 8.02. The lowest BCUT2D eigenvalue weighted by Gasteiger charge is -2.28. The summed E-state index contributed by atoms with van der Waals surface area (Å²) in [6, 6.07) is 0. The zero-order valence-electron chi connectivity index (χ0n) is 6.56. The Morgan fingerprint density at radius 3 is 2.40 bits per heavy atom. The van der Waals surface area contributed by atoms with Gasteiger partial charge in [0, 0.05) is 7.11 Å². The molecule has 0 aromatic carbocycles. The molecule has 1 aliphatic rings. The van der Waals surface area contributed by atoms with E-state index in [2.05, 4.69) is 0 Å². The molecular formula is C8H15O2. The molecule has 0 aromatic heterocycles. The van der Waals surface area contributed by atoms with Gasteiger partial charge in [-0.3, -0.25) is 0 Å². The molecule has 2 nitrogen and oxygen atoms in total. The van der Waals surface area contributed by atoms with Crippen LogP contribution in [0.5, 0.6) is 0 Å². The summed E-state index contributed by atoms with van der Waals surface area (Å²) in [6.07, 6.45) is 5.02. The maximum absolute atomic E-state index is 11.6. The standard InChI is InChI=1S/C8H15O2/c1-10-7-8(9)5-3-2-4-6-8/h2-7H2,1H3. The summed E-state index contributed by atoms with van der Waals surface area (Å²) in [5, 5.41) is 11.6. The number of methoxy groups -OCH3 is 1. The zero-order valence-corrected chi connectivity index (χ0v) is 6.56. The summed E-state index contributed by atoms with van der Waals surface area (Å²) in [5.41, 5.74) is -0.743. The van der Waals surface area contributed by atoms with Crippen molar-refractivity contribution in [3.63, 3.8) is 0 Å². The third-order valence-corrected chi connectivity index (χ3v) is 2.17. The Balaban J connectivity index is 2.32. The van der Waals surface area contributed by atoms with E-state index in [1.807, 2.05) is 0 Å². The zero-order chi connectivity index (χ0) is 7.45. The maximum Gasteiger partial charge on any atom is 0.127 e. The van der Waals surface area contributed by atoms with Crippen LogP contribution in [0.4, 0.5) is 0 Å². The summed E-state index contributed by atoms with van der Waals surface area (Å²) < 4.78 is 4.87. The number of ether oxygens (including phenoxy) is 1. The second kappa shape index (κ2) is 3.35. The van der Waals surface area contributed by atoms with Gasteiger partial charge in [-0.2, -0.15) is 0 Å². The number of hydrogen-bond donors (Lipinski definition) is 0. The minimum Gasteiger partial charge on any atom is -0.382 e. The van der Waals surface area contributed by atoms with Gasteiger partial charge in [-0.25, -0.2) is 5.11 Å². The van der Waals surface area contributed by atoms with E-state index < -0.39 is 5.60 Å². The lowest BCUT2D eigenvalue weighted by Crippen LogP contribution is -2.34. The Morgan fingerprint density at radius 1 is 1.30 bits per heavy atom. The molecule has 0 unspecified atom stereocenters. The van der Waals surface area contributed by atoms with Crippen LogP contribution in [-0.2, 0) is 9.84 Å². The van der Waals surface area contributed by atoms with Crippen molar-refractivity contribution in [2.24, 2.45) is 0 Å². The molecule has 1 fully saturated rings. The van der Waals surface area contributed by atoms with Crippen molar-refractivity contribution >= 4 is 0 Å². The lowest BCUT2D eigenvalue weighted by molar-refractivity contribution is -0.103. The van der Waals surface area contributed by atoms with E-state index in [1.165, 1.54) is 6.42 Å². The van der Waals surface area contributed by atoms with Crippen LogP contribution >= 0.6 is 0 Å². The van der Waals surface area contributed by atoms with E-state index in [1.54, 1.807) is 7.11 Å². The Hall–Kier alpha value is -0.0800. The van der Waals surface area contributed by atoms with E-state index in [-0.39, 0.29) is 0 Å². The van der Waals surface area contributed by atoms with E-state index in [4.69, 9.17) is 4.74 Å². The van der Waals surface area contributed by atoms with Crippen LogP contribution in [0.3, 0.4) is 0 Å². The normalized spacial score (nSPS) is 24.6. The molecule has 0 N–H and O–H groups in total. The number of rotatable bonds is 2. The van der Waals surface area contributed by atoms with Crippen molar-refractivity contribution in [3.8, 4) is 0 Å². The smallest absolute Gasteiger partial charge is 0.127 e. The average molecular weight is 143 g/mol. The SMILES string of the molecule is COCC1([O])CCCCC1. The summed E-state index contributed by atoms with van der Waals surface area (Å²) in [7, 11) is 1.61. The van der Waals surface area contributed by atoms with Gasteiger partial charge in [-0.15, -0.1) is 0 Å². The van der Waals surface area contributed by atoms with Gasteiger partial charge >= 0.3 is 0 Å². The minimum atomic E-state index is -0.743. The van der Waals surface area contributed by atoms with Crippen molar-refractivity contribution in [3.05, 3.63) is 0 Å². The van der Waals surface area contributed by atoms with Gasteiger partial charge in [-0.05, 0) is 12.8 Å². The van der Waals surface area contributed by atoms with Crippen LogP contribution < -0.4 is 0 Å². The summed E-state index contributed by atoms with van der Waals surface area (Å²) in [4.78, 5) is 0. The van der Waals surface area contributed by atoms with Crippen molar-refractivity contribution in [1.82, 2.24) is 0 Å². The molecule has 0 aromatic rings. The van der Waals surface area contributed by atoms with Crippen molar-refractivity contribution in [2.45, 2.75) is 37.7 Å². The fraction of sp³-hybridized carbons (Fsp3) is 1.00. The highest BCUT2D eigenvalue weighted by Gasteiger charge is 2.30. The maximum atomic E-state index is 11.6. The van der Waals surface area contributed by atoms with Crippen LogP contribution in [0.15, 0.2) is 0 Å². The summed E-state index contributed by atoms with van der Waals surface area (Å²) >= 11 is 0. The molecule has 2 heteroatoms. The molecule has 59 valence electrons. The van der Waals surface area contributed by atoms with Gasteiger partial charge in [-0.1, -0.05) is 19.3 Å². The van der Waals surface area contributed by atoms with Crippen molar-refractivity contribution in [1.29, 1.82) is 0 Å². The van der Waals surface area contributed by atoms with Crippen LogP contribution in [0, 0.1) is 0 Å². The third kappa shape index (κ3) is 1.96. The largest absolute Gasteiger partial charge is 0.382 e. The van der Waals surface area contributed by atoms with Gasteiger partial charge in [0.05, 0.1) is 6.61 Å². The molecule has 1 aliphatic carbocycles. The first-order valence-corrected chi connectivity index (χ1v) is 3.96. The Bertz CT molecular complexity index is 89.9. The third-order valence-electron chi connectivity index (χ3n) is 2.17. The highest BCUT2D eigenvalue weighted by atomic mass is 16.5. The van der Waals surface area contributed by atoms with Crippen LogP contribution in [0.2, 0.25) is 0 Å². The monoisotopic (exact) mass is 143 g/mol.